The van der Waals surface area contributed by atoms with Crippen molar-refractivity contribution < 1.29 is 4.74 Å². The van der Waals surface area contributed by atoms with Crippen LogP contribution in [-0.4, -0.2) is 21.1 Å². The fourth-order valence-corrected chi connectivity index (χ4v) is 6.83. The third-order valence-corrected chi connectivity index (χ3v) is 9.14. The van der Waals surface area contributed by atoms with Gasteiger partial charge in [0.1, 0.15) is 11.9 Å². The van der Waals surface area contributed by atoms with Crippen LogP contribution in [0.2, 0.25) is 0 Å². The molecule has 9 rings (SSSR count). The molecule has 4 nitrogen and oxygen atoms in total. The van der Waals surface area contributed by atoms with Gasteiger partial charge in [-0.15, -0.1) is 0 Å². The second-order valence-corrected chi connectivity index (χ2v) is 11.9. The first-order chi connectivity index (χ1) is 22.3. The van der Waals surface area contributed by atoms with E-state index in [0.29, 0.717) is 17.5 Å². The predicted octanol–water partition coefficient (Wildman–Crippen LogP) is 9.48. The van der Waals surface area contributed by atoms with Crippen molar-refractivity contribution in [3.8, 4) is 39.7 Å². The smallest absolute Gasteiger partial charge is 0.164 e. The lowest BCUT2D eigenvalue weighted by Crippen LogP contribution is -2.20. The number of fused-ring (bicyclic) bond motifs is 5. The highest BCUT2D eigenvalue weighted by Gasteiger charge is 2.38. The second kappa shape index (κ2) is 10.5. The molecule has 2 unspecified atom stereocenters. The van der Waals surface area contributed by atoms with E-state index in [2.05, 4.69) is 121 Å². The molecule has 6 aromatic rings. The van der Waals surface area contributed by atoms with Crippen molar-refractivity contribution in [2.75, 3.05) is 0 Å². The molecule has 45 heavy (non-hydrogen) atoms. The van der Waals surface area contributed by atoms with Gasteiger partial charge in [0.2, 0.25) is 0 Å². The maximum atomic E-state index is 6.60. The van der Waals surface area contributed by atoms with Gasteiger partial charge in [-0.25, -0.2) is 15.0 Å². The minimum atomic E-state index is -0.124. The van der Waals surface area contributed by atoms with Gasteiger partial charge in [-0.05, 0) is 70.1 Å². The molecule has 1 aromatic heterocycles. The molecule has 3 aliphatic rings. The van der Waals surface area contributed by atoms with Crippen LogP contribution in [0.5, 0.6) is 5.75 Å². The molecule has 0 spiro atoms. The summed E-state index contributed by atoms with van der Waals surface area (Å²) in [7, 11) is 0. The highest BCUT2D eigenvalue weighted by atomic mass is 16.5. The van der Waals surface area contributed by atoms with Crippen LogP contribution in [0.4, 0.5) is 0 Å². The van der Waals surface area contributed by atoms with Gasteiger partial charge < -0.3 is 4.74 Å². The lowest BCUT2D eigenvalue weighted by molar-refractivity contribution is 0.271. The Morgan fingerprint density at radius 1 is 0.622 bits per heavy atom. The average molecular weight is 580 g/mol. The van der Waals surface area contributed by atoms with Crippen molar-refractivity contribution in [2.24, 2.45) is 0 Å². The molecular weight excluding hydrogens is 550 g/mol. The van der Waals surface area contributed by atoms with E-state index in [0.717, 1.165) is 46.4 Å². The minimum Gasteiger partial charge on any atom is -0.485 e. The summed E-state index contributed by atoms with van der Waals surface area (Å²) in [6, 6.07) is 38.4. The van der Waals surface area contributed by atoms with E-state index in [1.54, 1.807) is 0 Å². The van der Waals surface area contributed by atoms with Crippen molar-refractivity contribution in [1.29, 1.82) is 0 Å². The van der Waals surface area contributed by atoms with Crippen LogP contribution in [0.3, 0.4) is 0 Å². The van der Waals surface area contributed by atoms with Gasteiger partial charge >= 0.3 is 0 Å². The van der Waals surface area contributed by atoms with Crippen molar-refractivity contribution in [3.63, 3.8) is 0 Å². The summed E-state index contributed by atoms with van der Waals surface area (Å²) in [4.78, 5) is 15.2. The van der Waals surface area contributed by atoms with Gasteiger partial charge in [-0.3, -0.25) is 0 Å². The summed E-state index contributed by atoms with van der Waals surface area (Å²) < 4.78 is 6.60. The van der Waals surface area contributed by atoms with Gasteiger partial charge in [0, 0.05) is 22.3 Å². The number of rotatable bonds is 4. The van der Waals surface area contributed by atoms with Crippen molar-refractivity contribution >= 4 is 22.4 Å². The average Bonchev–Trinajstić information content (AvgIpc) is 3.49. The fourth-order valence-electron chi connectivity index (χ4n) is 6.83. The number of ether oxygens (including phenoxy) is 1. The van der Waals surface area contributed by atoms with E-state index in [9.17, 15) is 0 Å². The molecular formula is C41H29N3O. The zero-order chi connectivity index (χ0) is 29.7. The first-order valence-corrected chi connectivity index (χ1v) is 15.6. The Balaban J connectivity index is 1.13. The topological polar surface area (TPSA) is 47.9 Å². The Bertz CT molecular complexity index is 2210. The molecule has 2 atom stereocenters. The first kappa shape index (κ1) is 25.8. The monoisotopic (exact) mass is 579 g/mol. The normalized spacial score (nSPS) is 17.7. The van der Waals surface area contributed by atoms with Gasteiger partial charge in [0.05, 0.1) is 5.92 Å². The number of nitrogens with zero attached hydrogens (tertiary/aromatic N) is 3. The Morgan fingerprint density at radius 3 is 2.29 bits per heavy atom. The Labute approximate surface area is 262 Å². The Morgan fingerprint density at radius 2 is 1.38 bits per heavy atom. The molecule has 0 N–H and O–H groups in total. The molecule has 0 amide bonds. The van der Waals surface area contributed by atoms with Gasteiger partial charge in [0.15, 0.2) is 17.5 Å². The minimum absolute atomic E-state index is 0.0130. The molecule has 2 aliphatic carbocycles. The van der Waals surface area contributed by atoms with Gasteiger partial charge in [0.25, 0.3) is 0 Å². The quantitative estimate of drug-likeness (QED) is 0.209. The van der Waals surface area contributed by atoms with Crippen molar-refractivity contribution in [3.05, 3.63) is 156 Å². The molecule has 0 bridgehead atoms. The Kier molecular flexibility index (Phi) is 6.05. The highest BCUT2D eigenvalue weighted by Crippen LogP contribution is 2.48. The maximum absolute atomic E-state index is 6.60. The second-order valence-electron chi connectivity index (χ2n) is 11.9. The van der Waals surface area contributed by atoms with E-state index in [1.165, 1.54) is 27.5 Å². The summed E-state index contributed by atoms with van der Waals surface area (Å²) in [5.74, 6) is 2.93. The highest BCUT2D eigenvalue weighted by molar-refractivity contribution is 5.88. The molecule has 0 saturated carbocycles. The van der Waals surface area contributed by atoms with E-state index in [4.69, 9.17) is 19.7 Å². The third kappa shape index (κ3) is 4.58. The third-order valence-electron chi connectivity index (χ3n) is 9.14. The number of hydrogen-bond donors (Lipinski definition) is 0. The summed E-state index contributed by atoms with van der Waals surface area (Å²) >= 11 is 0. The zero-order valence-electron chi connectivity index (χ0n) is 24.6. The van der Waals surface area contributed by atoms with E-state index in [1.807, 2.05) is 18.2 Å². The van der Waals surface area contributed by atoms with Crippen molar-refractivity contribution in [1.82, 2.24) is 15.0 Å². The summed E-state index contributed by atoms with van der Waals surface area (Å²) in [5.41, 5.74) is 9.07. The summed E-state index contributed by atoms with van der Waals surface area (Å²) in [5, 5.41) is 2.47. The maximum Gasteiger partial charge on any atom is 0.164 e. The number of aromatic nitrogens is 3. The standard InChI is InChI=1S/C41H29N3O/c1-2-11-28(12-3-1)39-42-40(33-20-18-27-10-5-7-14-30(27)24-33)44-41(43-39)35-15-8-16-36-38(35)34-22-21-32(25-37(34)45-36)31-19-17-26-9-4-6-13-29(26)23-31/h1-4,6-9,11-25,36,38H,5,10H2. The van der Waals surface area contributed by atoms with Gasteiger partial charge in [-0.2, -0.15) is 0 Å². The Hall–Kier alpha value is -5.61. The van der Waals surface area contributed by atoms with Crippen LogP contribution >= 0.6 is 0 Å². The van der Waals surface area contributed by atoms with E-state index < -0.39 is 0 Å². The first-order valence-electron chi connectivity index (χ1n) is 15.6. The molecule has 2 heterocycles. The molecule has 4 heteroatoms. The molecule has 0 saturated heterocycles. The lowest BCUT2D eigenvalue weighted by Gasteiger charge is -2.22. The van der Waals surface area contributed by atoms with Crippen LogP contribution in [-0.2, 0) is 6.42 Å². The van der Waals surface area contributed by atoms with Crippen LogP contribution in [0.15, 0.2) is 133 Å². The number of benzene rings is 5. The molecule has 0 radical (unpaired) electrons. The van der Waals surface area contributed by atoms with Crippen LogP contribution in [0.25, 0.3) is 56.3 Å². The molecule has 214 valence electrons. The van der Waals surface area contributed by atoms with Gasteiger partial charge in [-0.1, -0.05) is 115 Å². The fraction of sp³-hybridized carbons (Fsp3) is 0.0976. The predicted molar refractivity (Wildman–Crippen MR) is 182 cm³/mol. The summed E-state index contributed by atoms with van der Waals surface area (Å²) in [6.45, 7) is 0. The van der Waals surface area contributed by atoms with Crippen LogP contribution < -0.4 is 4.74 Å². The zero-order valence-corrected chi connectivity index (χ0v) is 24.6. The molecule has 5 aromatic carbocycles. The number of aryl methyl sites for hydroxylation is 1. The van der Waals surface area contributed by atoms with Crippen LogP contribution in [0.1, 0.15) is 34.9 Å². The SMILES string of the molecule is C1=CC2Oc3cc(-c4ccc5ccccc5c4)ccc3C2C(c2nc(-c3ccccc3)nc(-c3ccc4c(c3)C=CCC4)n2)=C1. The molecule has 1 aliphatic heterocycles. The van der Waals surface area contributed by atoms with E-state index >= 15 is 0 Å². The van der Waals surface area contributed by atoms with Crippen LogP contribution in [0, 0.1) is 0 Å². The van der Waals surface area contributed by atoms with Crippen molar-refractivity contribution in [2.45, 2.75) is 24.9 Å². The lowest BCUT2D eigenvalue weighted by atomic mass is 9.83. The largest absolute Gasteiger partial charge is 0.485 e. The number of hydrogen-bond acceptors (Lipinski definition) is 4. The molecule has 0 fully saturated rings. The number of allylic oxidation sites excluding steroid dienone is 3. The van der Waals surface area contributed by atoms with E-state index in [-0.39, 0.29) is 12.0 Å². The summed E-state index contributed by atoms with van der Waals surface area (Å²) in [6.07, 6.45) is 12.8.